The van der Waals surface area contributed by atoms with Gasteiger partial charge in [0.25, 0.3) is 0 Å². The summed E-state index contributed by atoms with van der Waals surface area (Å²) < 4.78 is 20.8. The number of aromatic nitrogens is 2. The first-order chi connectivity index (χ1) is 17.7. The van der Waals surface area contributed by atoms with Crippen LogP contribution in [0.3, 0.4) is 0 Å². The Labute approximate surface area is 218 Å². The lowest BCUT2D eigenvalue weighted by Crippen LogP contribution is -2.57. The second-order valence-corrected chi connectivity index (χ2v) is 10.8. The molecule has 0 aliphatic carbocycles. The molecule has 194 valence electrons. The summed E-state index contributed by atoms with van der Waals surface area (Å²) in [4.78, 5) is 31.6. The maximum atomic E-state index is 15.1. The number of amides is 1. The Kier molecular flexibility index (Phi) is 5.64. The van der Waals surface area contributed by atoms with Gasteiger partial charge >= 0.3 is 6.09 Å². The molecule has 3 aliphatic rings. The molecule has 2 unspecified atom stereocenters. The van der Waals surface area contributed by atoms with Gasteiger partial charge in [-0.1, -0.05) is 23.7 Å². The Morgan fingerprint density at radius 3 is 2.65 bits per heavy atom. The zero-order valence-corrected chi connectivity index (χ0v) is 21.4. The number of hydrogen-bond donors (Lipinski definition) is 2. The first-order valence-corrected chi connectivity index (χ1v) is 12.6. The van der Waals surface area contributed by atoms with Gasteiger partial charge in [0, 0.05) is 25.4 Å². The van der Waals surface area contributed by atoms with E-state index in [4.69, 9.17) is 21.2 Å². The third kappa shape index (κ3) is 4.31. The number of rotatable bonds is 3. The molecule has 2 saturated heterocycles. The van der Waals surface area contributed by atoms with E-state index in [2.05, 4.69) is 25.8 Å². The summed E-state index contributed by atoms with van der Waals surface area (Å²) in [5.74, 6) is 0.176. The Hall–Kier alpha value is -3.57. The summed E-state index contributed by atoms with van der Waals surface area (Å²) in [7, 11) is 0. The van der Waals surface area contributed by atoms with Crippen LogP contribution >= 0.6 is 11.6 Å². The van der Waals surface area contributed by atoms with E-state index >= 15 is 4.39 Å². The summed E-state index contributed by atoms with van der Waals surface area (Å²) in [6.07, 6.45) is 2.88. The number of carbonyl (C=O) groups excluding carboxylic acids is 1. The van der Waals surface area contributed by atoms with Crippen LogP contribution < -0.4 is 25.9 Å². The smallest absolute Gasteiger partial charge is 0.410 e. The van der Waals surface area contributed by atoms with Crippen molar-refractivity contribution in [2.24, 2.45) is 0 Å². The normalized spacial score (nSPS) is 20.7. The van der Waals surface area contributed by atoms with Gasteiger partial charge < -0.3 is 14.5 Å². The van der Waals surface area contributed by atoms with E-state index < -0.39 is 11.4 Å². The number of anilines is 3. The molecule has 2 N–H and O–H groups in total. The fraction of sp³-hybridized carbons (Fsp3) is 0.400. The molecule has 0 radical (unpaired) electrons. The summed E-state index contributed by atoms with van der Waals surface area (Å²) in [5.41, 5.74) is 7.08. The Bertz CT molecular complexity index is 1370. The number of fused-ring (bicyclic) bond motifs is 4. The number of para-hydroxylation sites is 2. The van der Waals surface area contributed by atoms with Gasteiger partial charge in [-0.15, -0.1) is 10.7 Å². The molecule has 2 bridgehead atoms. The highest BCUT2D eigenvalue weighted by molar-refractivity contribution is 6.30. The van der Waals surface area contributed by atoms with Crippen molar-refractivity contribution in [3.8, 4) is 5.75 Å². The third-order valence-electron chi connectivity index (χ3n) is 6.72. The van der Waals surface area contributed by atoms with Crippen LogP contribution in [0.5, 0.6) is 5.75 Å². The number of nitrogens with zero attached hydrogens (tertiary/aromatic N) is 5. The molecule has 3 aromatic rings. The molecule has 12 heteroatoms. The minimum Gasteiger partial charge on any atom is -0.444 e. The van der Waals surface area contributed by atoms with Crippen LogP contribution in [-0.2, 0) is 4.74 Å². The summed E-state index contributed by atoms with van der Waals surface area (Å²) in [5, 5.41) is 1.58. The Balaban J connectivity index is 1.33. The number of carbonyl (C=O) groups is 1. The zero-order chi connectivity index (χ0) is 25.9. The maximum absolute atomic E-state index is 15.1. The number of halogens is 2. The first kappa shape index (κ1) is 23.8. The van der Waals surface area contributed by atoms with Crippen molar-refractivity contribution in [2.45, 2.75) is 51.3 Å². The molecule has 3 aliphatic heterocycles. The van der Waals surface area contributed by atoms with Crippen LogP contribution in [0.25, 0.3) is 10.9 Å². The largest absolute Gasteiger partial charge is 0.444 e. The van der Waals surface area contributed by atoms with Crippen molar-refractivity contribution >= 4 is 45.8 Å². The molecular weight excluding hydrogens is 501 g/mol. The number of hydrazine groups is 2. The molecular formula is C25H27ClFN7O3. The number of pyridine rings is 2. The molecule has 6 rings (SSSR count). The molecule has 1 aromatic carbocycles. The molecule has 5 heterocycles. The fourth-order valence-electron chi connectivity index (χ4n) is 5.12. The van der Waals surface area contributed by atoms with Crippen LogP contribution in [0.1, 0.15) is 33.6 Å². The number of benzene rings is 1. The standard InChI is InChI=1S/C25H27ClFN7O3/c1-25(2,3)36-24(35)33-14-8-9-15(33)13-32(12-14)20-10-19(16-11-28-23(26)21(27)22(16)29-20)37-34-18-7-5-4-6-17(18)30-31-34/h4-7,10-11,14-15,30-31H,8-9,12-13H2,1-3H3. The van der Waals surface area contributed by atoms with Crippen molar-refractivity contribution in [3.63, 3.8) is 0 Å². The van der Waals surface area contributed by atoms with Crippen LogP contribution in [0.2, 0.25) is 5.15 Å². The van der Waals surface area contributed by atoms with Crippen molar-refractivity contribution in [1.29, 1.82) is 0 Å². The van der Waals surface area contributed by atoms with Gasteiger partial charge in [0.2, 0.25) is 0 Å². The lowest BCUT2D eigenvalue weighted by molar-refractivity contribution is 0.0122. The highest BCUT2D eigenvalue weighted by Gasteiger charge is 2.44. The van der Waals surface area contributed by atoms with Crippen LogP contribution in [0, 0.1) is 5.82 Å². The van der Waals surface area contributed by atoms with E-state index in [1.54, 1.807) is 6.07 Å². The molecule has 2 atom stereocenters. The highest BCUT2D eigenvalue weighted by Crippen LogP contribution is 2.38. The topological polar surface area (TPSA) is 95.1 Å². The average Bonchev–Trinajstić information content (AvgIpc) is 3.38. The molecule has 0 spiro atoms. The van der Waals surface area contributed by atoms with Crippen molar-refractivity contribution in [3.05, 3.63) is 47.5 Å². The number of hydrogen-bond acceptors (Lipinski definition) is 9. The molecule has 2 fully saturated rings. The van der Waals surface area contributed by atoms with E-state index in [1.807, 2.05) is 49.9 Å². The number of piperazine rings is 1. The molecule has 0 saturated carbocycles. The van der Waals surface area contributed by atoms with Gasteiger partial charge in [-0.05, 0) is 45.7 Å². The zero-order valence-electron chi connectivity index (χ0n) is 20.7. The van der Waals surface area contributed by atoms with E-state index in [-0.39, 0.29) is 28.8 Å². The second-order valence-electron chi connectivity index (χ2n) is 10.4. The quantitative estimate of drug-likeness (QED) is 0.472. The monoisotopic (exact) mass is 527 g/mol. The third-order valence-corrected chi connectivity index (χ3v) is 6.98. The lowest BCUT2D eigenvalue weighted by atomic mass is 10.1. The minimum absolute atomic E-state index is 0.0299. The van der Waals surface area contributed by atoms with Gasteiger partial charge in [-0.2, -0.15) is 0 Å². The van der Waals surface area contributed by atoms with Crippen molar-refractivity contribution in [1.82, 2.24) is 20.4 Å². The summed E-state index contributed by atoms with van der Waals surface area (Å²) in [6.45, 7) is 6.67. The van der Waals surface area contributed by atoms with E-state index in [0.29, 0.717) is 30.0 Å². The average molecular weight is 528 g/mol. The predicted octanol–water partition coefficient (Wildman–Crippen LogP) is 4.66. The SMILES string of the molecule is CC(C)(C)OC(=O)N1C2CCC1CN(c1cc(ON3NNc4ccccc43)c3cnc(Cl)c(F)c3n1)C2. The summed E-state index contributed by atoms with van der Waals surface area (Å²) in [6, 6.07) is 9.29. The van der Waals surface area contributed by atoms with Gasteiger partial charge in [0.1, 0.15) is 22.6 Å². The van der Waals surface area contributed by atoms with Crippen molar-refractivity contribution in [2.75, 3.05) is 28.6 Å². The van der Waals surface area contributed by atoms with Crippen LogP contribution in [0.4, 0.5) is 26.4 Å². The maximum Gasteiger partial charge on any atom is 0.410 e. The number of nitrogens with one attached hydrogen (secondary N) is 2. The Morgan fingerprint density at radius 1 is 1.19 bits per heavy atom. The molecule has 2 aromatic heterocycles. The lowest BCUT2D eigenvalue weighted by Gasteiger charge is -2.41. The van der Waals surface area contributed by atoms with Gasteiger partial charge in [0.15, 0.2) is 16.7 Å². The van der Waals surface area contributed by atoms with E-state index in [1.165, 1.54) is 11.4 Å². The van der Waals surface area contributed by atoms with E-state index in [0.717, 1.165) is 24.2 Å². The van der Waals surface area contributed by atoms with Gasteiger partial charge in [-0.3, -0.25) is 10.3 Å². The molecule has 1 amide bonds. The molecule has 37 heavy (non-hydrogen) atoms. The van der Waals surface area contributed by atoms with E-state index in [9.17, 15) is 4.79 Å². The summed E-state index contributed by atoms with van der Waals surface area (Å²) >= 11 is 6.01. The van der Waals surface area contributed by atoms with Crippen LogP contribution in [0.15, 0.2) is 36.5 Å². The first-order valence-electron chi connectivity index (χ1n) is 12.2. The second kappa shape index (κ2) is 8.77. The minimum atomic E-state index is -0.714. The van der Waals surface area contributed by atoms with Crippen molar-refractivity contribution < 1.29 is 18.8 Å². The van der Waals surface area contributed by atoms with Gasteiger partial charge in [0.05, 0.1) is 23.2 Å². The highest BCUT2D eigenvalue weighted by atomic mass is 35.5. The number of ether oxygens (including phenoxy) is 1. The Morgan fingerprint density at radius 2 is 1.92 bits per heavy atom. The van der Waals surface area contributed by atoms with Gasteiger partial charge in [-0.25, -0.2) is 19.2 Å². The predicted molar refractivity (Wildman–Crippen MR) is 138 cm³/mol. The molecule has 10 nitrogen and oxygen atoms in total. The van der Waals surface area contributed by atoms with Crippen LogP contribution in [-0.4, -0.2) is 51.7 Å². The fourth-order valence-corrected chi connectivity index (χ4v) is 5.26.